The summed E-state index contributed by atoms with van der Waals surface area (Å²) in [5.41, 5.74) is 3.15. The van der Waals surface area contributed by atoms with E-state index in [2.05, 4.69) is 24.0 Å². The summed E-state index contributed by atoms with van der Waals surface area (Å²) in [6.45, 7) is 2.09. The highest BCUT2D eigenvalue weighted by molar-refractivity contribution is 7.99. The fourth-order valence-electron chi connectivity index (χ4n) is 2.28. The molecule has 3 rings (SSSR count). The SMILES string of the molecule is Cc1ccccc1SCC(O)c1ccc2ncccc2c1. The van der Waals surface area contributed by atoms with E-state index in [0.29, 0.717) is 5.75 Å². The lowest BCUT2D eigenvalue weighted by Crippen LogP contribution is -2.00. The summed E-state index contributed by atoms with van der Waals surface area (Å²) in [5.74, 6) is 0.649. The molecular formula is C18H17NOS. The predicted molar refractivity (Wildman–Crippen MR) is 88.6 cm³/mol. The summed E-state index contributed by atoms with van der Waals surface area (Å²) in [5, 5.41) is 11.5. The second-order valence-electron chi connectivity index (χ2n) is 5.05. The van der Waals surface area contributed by atoms with Gasteiger partial charge in [0.15, 0.2) is 0 Å². The number of rotatable bonds is 4. The number of thioether (sulfide) groups is 1. The van der Waals surface area contributed by atoms with Crippen LogP contribution in [0.1, 0.15) is 17.2 Å². The van der Waals surface area contributed by atoms with E-state index in [0.717, 1.165) is 16.5 Å². The lowest BCUT2D eigenvalue weighted by molar-refractivity contribution is 0.204. The zero-order valence-electron chi connectivity index (χ0n) is 11.9. The van der Waals surface area contributed by atoms with Crippen LogP contribution in [0.2, 0.25) is 0 Å². The monoisotopic (exact) mass is 295 g/mol. The molecule has 1 atom stereocenters. The van der Waals surface area contributed by atoms with Crippen molar-refractivity contribution in [3.63, 3.8) is 0 Å². The summed E-state index contributed by atoms with van der Waals surface area (Å²) in [7, 11) is 0. The fraction of sp³-hybridized carbons (Fsp3) is 0.167. The largest absolute Gasteiger partial charge is 0.388 e. The number of hydrogen-bond donors (Lipinski definition) is 1. The van der Waals surface area contributed by atoms with Crippen molar-refractivity contribution in [3.8, 4) is 0 Å². The van der Waals surface area contributed by atoms with E-state index in [1.54, 1.807) is 18.0 Å². The molecule has 0 amide bonds. The van der Waals surface area contributed by atoms with Crippen LogP contribution in [-0.4, -0.2) is 15.8 Å². The standard InChI is InChI=1S/C18H17NOS/c1-13-5-2-3-7-18(13)21-12-17(20)15-8-9-16-14(11-15)6-4-10-19-16/h2-11,17,20H,12H2,1H3. The molecule has 1 aromatic heterocycles. The van der Waals surface area contributed by atoms with Crippen molar-refractivity contribution in [2.45, 2.75) is 17.9 Å². The minimum Gasteiger partial charge on any atom is -0.388 e. The van der Waals surface area contributed by atoms with Gasteiger partial charge >= 0.3 is 0 Å². The molecule has 0 spiro atoms. The molecule has 2 nitrogen and oxygen atoms in total. The summed E-state index contributed by atoms with van der Waals surface area (Å²) in [6, 6.07) is 18.1. The second-order valence-corrected chi connectivity index (χ2v) is 6.11. The van der Waals surface area contributed by atoms with E-state index in [1.165, 1.54) is 10.5 Å². The molecular weight excluding hydrogens is 278 g/mol. The van der Waals surface area contributed by atoms with Crippen molar-refractivity contribution in [3.05, 3.63) is 71.9 Å². The van der Waals surface area contributed by atoms with Gasteiger partial charge in [-0.25, -0.2) is 0 Å². The molecule has 0 radical (unpaired) electrons. The Bertz CT molecular complexity index is 757. The lowest BCUT2D eigenvalue weighted by atomic mass is 10.1. The highest BCUT2D eigenvalue weighted by Crippen LogP contribution is 2.28. The van der Waals surface area contributed by atoms with E-state index in [9.17, 15) is 5.11 Å². The van der Waals surface area contributed by atoms with Gasteiger partial charge in [0.2, 0.25) is 0 Å². The number of hydrogen-bond acceptors (Lipinski definition) is 3. The first-order valence-electron chi connectivity index (χ1n) is 6.95. The maximum atomic E-state index is 10.4. The van der Waals surface area contributed by atoms with Gasteiger partial charge in [0.25, 0.3) is 0 Å². The Morgan fingerprint density at radius 3 is 2.81 bits per heavy atom. The van der Waals surface area contributed by atoms with Gasteiger partial charge in [0, 0.05) is 22.2 Å². The molecule has 0 fully saturated rings. The van der Waals surface area contributed by atoms with Crippen LogP contribution < -0.4 is 0 Å². The van der Waals surface area contributed by atoms with Crippen LogP contribution in [0.3, 0.4) is 0 Å². The second kappa shape index (κ2) is 6.29. The molecule has 0 aliphatic rings. The van der Waals surface area contributed by atoms with Crippen LogP contribution in [0, 0.1) is 6.92 Å². The van der Waals surface area contributed by atoms with Crippen LogP contribution in [0.5, 0.6) is 0 Å². The van der Waals surface area contributed by atoms with Crippen molar-refractivity contribution in [1.82, 2.24) is 4.98 Å². The van der Waals surface area contributed by atoms with Crippen LogP contribution in [-0.2, 0) is 0 Å². The molecule has 0 saturated heterocycles. The molecule has 106 valence electrons. The van der Waals surface area contributed by atoms with Gasteiger partial charge in [-0.05, 0) is 42.3 Å². The van der Waals surface area contributed by atoms with Gasteiger partial charge in [-0.15, -0.1) is 11.8 Å². The van der Waals surface area contributed by atoms with Gasteiger partial charge in [-0.3, -0.25) is 4.98 Å². The molecule has 0 aliphatic carbocycles. The third-order valence-corrected chi connectivity index (χ3v) is 4.75. The Balaban J connectivity index is 1.75. The van der Waals surface area contributed by atoms with Crippen molar-refractivity contribution in [2.24, 2.45) is 0 Å². The number of pyridine rings is 1. The van der Waals surface area contributed by atoms with Crippen LogP contribution in [0.15, 0.2) is 65.7 Å². The topological polar surface area (TPSA) is 33.1 Å². The zero-order valence-corrected chi connectivity index (χ0v) is 12.7. The summed E-state index contributed by atoms with van der Waals surface area (Å²) >= 11 is 1.69. The maximum absolute atomic E-state index is 10.4. The molecule has 1 unspecified atom stereocenters. The smallest absolute Gasteiger partial charge is 0.0884 e. The van der Waals surface area contributed by atoms with Gasteiger partial charge < -0.3 is 5.11 Å². The molecule has 2 aromatic carbocycles. The normalized spacial score (nSPS) is 12.5. The van der Waals surface area contributed by atoms with E-state index < -0.39 is 6.10 Å². The van der Waals surface area contributed by atoms with Gasteiger partial charge in [-0.2, -0.15) is 0 Å². The van der Waals surface area contributed by atoms with Gasteiger partial charge in [0.1, 0.15) is 0 Å². The number of aromatic nitrogens is 1. The first-order chi connectivity index (χ1) is 10.2. The van der Waals surface area contributed by atoms with Crippen LogP contribution >= 0.6 is 11.8 Å². The molecule has 21 heavy (non-hydrogen) atoms. The van der Waals surface area contributed by atoms with Crippen molar-refractivity contribution in [2.75, 3.05) is 5.75 Å². The van der Waals surface area contributed by atoms with E-state index >= 15 is 0 Å². The summed E-state index contributed by atoms with van der Waals surface area (Å²) in [6.07, 6.45) is 1.31. The average molecular weight is 295 g/mol. The predicted octanol–water partition coefficient (Wildman–Crippen LogP) is 4.37. The van der Waals surface area contributed by atoms with E-state index in [-0.39, 0.29) is 0 Å². The van der Waals surface area contributed by atoms with Gasteiger partial charge in [-0.1, -0.05) is 30.3 Å². The number of nitrogens with zero attached hydrogens (tertiary/aromatic N) is 1. The first-order valence-corrected chi connectivity index (χ1v) is 7.94. The lowest BCUT2D eigenvalue weighted by Gasteiger charge is -2.12. The minimum atomic E-state index is -0.473. The molecule has 0 bridgehead atoms. The quantitative estimate of drug-likeness (QED) is 0.726. The third-order valence-electron chi connectivity index (χ3n) is 3.50. The van der Waals surface area contributed by atoms with Crippen molar-refractivity contribution in [1.29, 1.82) is 0 Å². The Labute approximate surface area is 128 Å². The maximum Gasteiger partial charge on any atom is 0.0884 e. The number of aliphatic hydroxyl groups excluding tert-OH is 1. The molecule has 0 saturated carbocycles. The number of aliphatic hydroxyl groups is 1. The van der Waals surface area contributed by atoms with E-state index in [4.69, 9.17) is 0 Å². The van der Waals surface area contributed by atoms with Crippen molar-refractivity contribution < 1.29 is 5.11 Å². The molecule has 3 heteroatoms. The average Bonchev–Trinajstić information content (AvgIpc) is 2.53. The van der Waals surface area contributed by atoms with Crippen LogP contribution in [0.25, 0.3) is 10.9 Å². The highest BCUT2D eigenvalue weighted by Gasteiger charge is 2.10. The highest BCUT2D eigenvalue weighted by atomic mass is 32.2. The Morgan fingerprint density at radius 2 is 1.95 bits per heavy atom. The van der Waals surface area contributed by atoms with Crippen LogP contribution in [0.4, 0.5) is 0 Å². The molecule has 3 aromatic rings. The summed E-state index contributed by atoms with van der Waals surface area (Å²) < 4.78 is 0. The third kappa shape index (κ3) is 3.26. The molecule has 1 N–H and O–H groups in total. The number of aryl methyl sites for hydroxylation is 1. The number of fused-ring (bicyclic) bond motifs is 1. The fourth-order valence-corrected chi connectivity index (χ4v) is 3.29. The number of benzene rings is 2. The Hall–Kier alpha value is -1.84. The Morgan fingerprint density at radius 1 is 1.10 bits per heavy atom. The summed E-state index contributed by atoms with van der Waals surface area (Å²) in [4.78, 5) is 5.52. The van der Waals surface area contributed by atoms with Gasteiger partial charge in [0.05, 0.1) is 11.6 Å². The molecule has 0 aliphatic heterocycles. The van der Waals surface area contributed by atoms with E-state index in [1.807, 2.05) is 42.5 Å². The Kier molecular flexibility index (Phi) is 4.23. The molecule has 1 heterocycles. The van der Waals surface area contributed by atoms with Crippen molar-refractivity contribution >= 4 is 22.7 Å². The zero-order chi connectivity index (χ0) is 14.7. The first kappa shape index (κ1) is 14.1. The minimum absolute atomic E-state index is 0.473.